The highest BCUT2D eigenvalue weighted by Gasteiger charge is 2.09. The molecule has 0 saturated carbocycles. The number of hydrogen-bond acceptors (Lipinski definition) is 3. The van der Waals surface area contributed by atoms with Crippen LogP contribution in [0.15, 0.2) is 18.2 Å². The summed E-state index contributed by atoms with van der Waals surface area (Å²) in [6, 6.07) is 3.55. The second-order valence-electron chi connectivity index (χ2n) is 2.40. The van der Waals surface area contributed by atoms with Gasteiger partial charge in [0.15, 0.2) is 11.5 Å². The number of benzene rings is 1. The van der Waals surface area contributed by atoms with Crippen LogP contribution < -0.4 is 0 Å². The van der Waals surface area contributed by atoms with Crippen LogP contribution in [0.4, 0.5) is 4.39 Å². The van der Waals surface area contributed by atoms with Gasteiger partial charge in [-0.15, -0.1) is 0 Å². The Morgan fingerprint density at radius 3 is 2.42 bits per heavy atom. The van der Waals surface area contributed by atoms with E-state index in [0.29, 0.717) is 0 Å². The summed E-state index contributed by atoms with van der Waals surface area (Å²) in [5, 5.41) is 26.2. The molecular weight excluding hydrogens is 163 g/mol. The summed E-state index contributed by atoms with van der Waals surface area (Å²) in [5.74, 6) is -0.688. The summed E-state index contributed by atoms with van der Waals surface area (Å²) in [5.41, 5.74) is 0.146. The number of hydrogen-bond donors (Lipinski definition) is 3. The van der Waals surface area contributed by atoms with E-state index in [1.54, 1.807) is 0 Å². The lowest BCUT2D eigenvalue weighted by Gasteiger charge is -2.05. The summed E-state index contributed by atoms with van der Waals surface area (Å²) >= 11 is 0. The maximum absolute atomic E-state index is 12.7. The lowest BCUT2D eigenvalue weighted by Crippen LogP contribution is -1.96. The van der Waals surface area contributed by atoms with Gasteiger partial charge >= 0.3 is 0 Å². The highest BCUT2D eigenvalue weighted by atomic mass is 19.1. The molecule has 12 heavy (non-hydrogen) atoms. The van der Waals surface area contributed by atoms with Crippen molar-refractivity contribution < 1.29 is 19.7 Å². The van der Waals surface area contributed by atoms with Gasteiger partial charge in [0.25, 0.3) is 0 Å². The van der Waals surface area contributed by atoms with Gasteiger partial charge in [0, 0.05) is 0 Å². The lowest BCUT2D eigenvalue weighted by molar-refractivity contribution is 0.179. The summed E-state index contributed by atoms with van der Waals surface area (Å²) < 4.78 is 12.7. The molecule has 66 valence electrons. The Bertz CT molecular complexity index is 275. The van der Waals surface area contributed by atoms with Crippen LogP contribution in [0.25, 0.3) is 0 Å². The van der Waals surface area contributed by atoms with Crippen LogP contribution in [0.3, 0.4) is 0 Å². The molecule has 4 heteroatoms. The predicted octanol–water partition coefficient (Wildman–Crippen LogP) is 1.10. The van der Waals surface area contributed by atoms with E-state index in [9.17, 15) is 4.39 Å². The third-order valence-corrected chi connectivity index (χ3v) is 1.52. The van der Waals surface area contributed by atoms with Crippen molar-refractivity contribution in [2.75, 3.05) is 6.61 Å². The molecule has 0 aliphatic rings. The maximum atomic E-state index is 12.7. The fraction of sp³-hybridized carbons (Fsp3) is 0.250. The van der Waals surface area contributed by atoms with Crippen molar-refractivity contribution in [2.24, 2.45) is 0 Å². The highest BCUT2D eigenvalue weighted by molar-refractivity contribution is 5.41. The molecule has 0 aliphatic carbocycles. The molecule has 1 atom stereocenters. The Morgan fingerprint density at radius 1 is 1.25 bits per heavy atom. The Kier molecular flexibility index (Phi) is 2.50. The van der Waals surface area contributed by atoms with Gasteiger partial charge in [-0.05, 0) is 17.7 Å². The average Bonchev–Trinajstić information content (AvgIpc) is 2.08. The highest BCUT2D eigenvalue weighted by Crippen LogP contribution is 2.28. The van der Waals surface area contributed by atoms with Crippen molar-refractivity contribution in [3.05, 3.63) is 23.8 Å². The first kappa shape index (κ1) is 8.80. The van der Waals surface area contributed by atoms with E-state index in [0.717, 1.165) is 6.07 Å². The Labute approximate surface area is 68.7 Å². The molecule has 0 spiro atoms. The molecule has 0 fully saturated rings. The van der Waals surface area contributed by atoms with Gasteiger partial charge in [-0.1, -0.05) is 6.07 Å². The molecule has 0 aromatic heterocycles. The third kappa shape index (κ3) is 1.65. The van der Waals surface area contributed by atoms with Crippen molar-refractivity contribution in [2.45, 2.75) is 6.17 Å². The van der Waals surface area contributed by atoms with Gasteiger partial charge in [-0.2, -0.15) is 0 Å². The van der Waals surface area contributed by atoms with Gasteiger partial charge in [0.05, 0.1) is 6.61 Å². The number of phenolic OH excluding ortho intramolecular Hbond substituents is 2. The van der Waals surface area contributed by atoms with E-state index in [2.05, 4.69) is 0 Å². The zero-order valence-corrected chi connectivity index (χ0v) is 6.24. The van der Waals surface area contributed by atoms with Crippen molar-refractivity contribution in [3.63, 3.8) is 0 Å². The number of phenols is 2. The summed E-state index contributed by atoms with van der Waals surface area (Å²) in [4.78, 5) is 0. The van der Waals surface area contributed by atoms with E-state index < -0.39 is 12.8 Å². The Balaban J connectivity index is 2.96. The summed E-state index contributed by atoms with van der Waals surface area (Å²) in [7, 11) is 0. The van der Waals surface area contributed by atoms with E-state index in [1.807, 2.05) is 0 Å². The maximum Gasteiger partial charge on any atom is 0.157 e. The fourth-order valence-corrected chi connectivity index (χ4v) is 0.841. The number of alkyl halides is 1. The van der Waals surface area contributed by atoms with Crippen molar-refractivity contribution in [3.8, 4) is 11.5 Å². The molecule has 1 aromatic rings. The lowest BCUT2D eigenvalue weighted by atomic mass is 10.1. The van der Waals surface area contributed by atoms with Gasteiger partial charge in [-0.3, -0.25) is 0 Å². The zero-order valence-electron chi connectivity index (χ0n) is 6.24. The van der Waals surface area contributed by atoms with Crippen LogP contribution in [0.1, 0.15) is 11.7 Å². The summed E-state index contributed by atoms with van der Waals surface area (Å²) in [6.45, 7) is -0.635. The molecule has 0 amide bonds. The van der Waals surface area contributed by atoms with Gasteiger partial charge in [0.1, 0.15) is 6.17 Å². The molecule has 3 nitrogen and oxygen atoms in total. The van der Waals surface area contributed by atoms with Crippen LogP contribution in [0, 0.1) is 0 Å². The van der Waals surface area contributed by atoms with Gasteiger partial charge < -0.3 is 15.3 Å². The third-order valence-electron chi connectivity index (χ3n) is 1.52. The van der Waals surface area contributed by atoms with Crippen LogP contribution in [0.5, 0.6) is 11.5 Å². The second-order valence-corrected chi connectivity index (χ2v) is 2.40. The topological polar surface area (TPSA) is 60.7 Å². The standard InChI is InChI=1S/C8H9FO3/c9-6(4-10)5-1-2-7(11)8(12)3-5/h1-3,6,10-12H,4H2. The number of aliphatic hydroxyl groups excluding tert-OH is 1. The van der Waals surface area contributed by atoms with Crippen LogP contribution in [-0.2, 0) is 0 Å². The first-order chi connectivity index (χ1) is 5.65. The zero-order chi connectivity index (χ0) is 9.14. The van der Waals surface area contributed by atoms with E-state index in [4.69, 9.17) is 15.3 Å². The first-order valence-electron chi connectivity index (χ1n) is 3.42. The monoisotopic (exact) mass is 172 g/mol. The minimum absolute atomic E-state index is 0.146. The van der Waals surface area contributed by atoms with Crippen LogP contribution in [0.2, 0.25) is 0 Å². The number of rotatable bonds is 2. The Morgan fingerprint density at radius 2 is 1.92 bits per heavy atom. The molecule has 0 radical (unpaired) electrons. The van der Waals surface area contributed by atoms with Crippen LogP contribution >= 0.6 is 0 Å². The molecule has 1 rings (SSSR count). The SMILES string of the molecule is OCC(F)c1ccc(O)c(O)c1. The van der Waals surface area contributed by atoms with E-state index in [1.165, 1.54) is 12.1 Å². The number of aromatic hydroxyl groups is 2. The van der Waals surface area contributed by atoms with E-state index >= 15 is 0 Å². The second kappa shape index (κ2) is 3.40. The minimum Gasteiger partial charge on any atom is -0.504 e. The average molecular weight is 172 g/mol. The Hall–Kier alpha value is -1.29. The van der Waals surface area contributed by atoms with Crippen LogP contribution in [-0.4, -0.2) is 21.9 Å². The largest absolute Gasteiger partial charge is 0.504 e. The fourth-order valence-electron chi connectivity index (χ4n) is 0.841. The summed E-state index contributed by atoms with van der Waals surface area (Å²) in [6.07, 6.45) is -1.52. The molecule has 0 aliphatic heterocycles. The smallest absolute Gasteiger partial charge is 0.157 e. The van der Waals surface area contributed by atoms with Crippen molar-refractivity contribution >= 4 is 0 Å². The first-order valence-corrected chi connectivity index (χ1v) is 3.42. The minimum atomic E-state index is -1.52. The molecule has 1 aromatic carbocycles. The van der Waals surface area contributed by atoms with Crippen molar-refractivity contribution in [1.82, 2.24) is 0 Å². The molecular formula is C8H9FO3. The molecule has 1 unspecified atom stereocenters. The normalized spacial score (nSPS) is 12.8. The van der Waals surface area contributed by atoms with Gasteiger partial charge in [0.2, 0.25) is 0 Å². The quantitative estimate of drug-likeness (QED) is 0.585. The molecule has 0 bridgehead atoms. The predicted molar refractivity (Wildman–Crippen MR) is 40.7 cm³/mol. The molecule has 0 heterocycles. The van der Waals surface area contributed by atoms with Crippen molar-refractivity contribution in [1.29, 1.82) is 0 Å². The number of halogens is 1. The number of aliphatic hydroxyl groups is 1. The van der Waals surface area contributed by atoms with E-state index in [-0.39, 0.29) is 17.1 Å². The molecule has 3 N–H and O–H groups in total. The molecule has 0 saturated heterocycles. The van der Waals surface area contributed by atoms with Gasteiger partial charge in [-0.25, -0.2) is 4.39 Å².